The molecule has 1 aromatic carbocycles. The molecular formula is C16H16BNO4. The largest absolute Gasteiger partial charge is 0.541 e. The molecule has 0 radical (unpaired) electrons. The van der Waals surface area contributed by atoms with Gasteiger partial charge in [0.2, 0.25) is 0 Å². The fourth-order valence-corrected chi connectivity index (χ4v) is 2.38. The number of rotatable bonds is 4. The van der Waals surface area contributed by atoms with E-state index in [1.807, 2.05) is 36.4 Å². The van der Waals surface area contributed by atoms with Crippen molar-refractivity contribution >= 4 is 12.7 Å². The van der Waals surface area contributed by atoms with Gasteiger partial charge < -0.3 is 19.2 Å². The van der Waals surface area contributed by atoms with Crippen molar-refractivity contribution in [3.05, 3.63) is 48.4 Å². The summed E-state index contributed by atoms with van der Waals surface area (Å²) in [7, 11) is 2.43. The number of pyridine rings is 1. The SMILES string of the molecule is COc1ccc(-c2cccc(C3=COB(O)C3)n2)cc1OC. The second kappa shape index (κ2) is 6.11. The molecule has 6 heteroatoms. The number of aromatic nitrogens is 1. The van der Waals surface area contributed by atoms with Gasteiger partial charge >= 0.3 is 7.12 Å². The third-order valence-corrected chi connectivity index (χ3v) is 3.52. The number of benzene rings is 1. The van der Waals surface area contributed by atoms with Gasteiger partial charge in [0, 0.05) is 17.5 Å². The Morgan fingerprint density at radius 3 is 2.55 bits per heavy atom. The minimum absolute atomic E-state index is 0.447. The normalized spacial score (nSPS) is 13.6. The highest BCUT2D eigenvalue weighted by Crippen LogP contribution is 2.32. The molecule has 2 heterocycles. The van der Waals surface area contributed by atoms with Crippen LogP contribution in [0.3, 0.4) is 0 Å². The van der Waals surface area contributed by atoms with Crippen molar-refractivity contribution in [3.63, 3.8) is 0 Å². The van der Waals surface area contributed by atoms with E-state index in [-0.39, 0.29) is 0 Å². The summed E-state index contributed by atoms with van der Waals surface area (Å²) >= 11 is 0. The second-order valence-electron chi connectivity index (χ2n) is 4.92. The van der Waals surface area contributed by atoms with Crippen LogP contribution in [0.1, 0.15) is 5.69 Å². The fourth-order valence-electron chi connectivity index (χ4n) is 2.38. The first kappa shape index (κ1) is 14.5. The van der Waals surface area contributed by atoms with Crippen molar-refractivity contribution in [2.24, 2.45) is 0 Å². The van der Waals surface area contributed by atoms with Gasteiger partial charge in [-0.05, 0) is 30.3 Å². The Kier molecular flexibility index (Phi) is 4.02. The summed E-state index contributed by atoms with van der Waals surface area (Å²) in [6.45, 7) is 0. The number of nitrogens with zero attached hydrogens (tertiary/aromatic N) is 1. The summed E-state index contributed by atoms with van der Waals surface area (Å²) in [5.74, 6) is 1.34. The van der Waals surface area contributed by atoms with Crippen LogP contribution in [0.2, 0.25) is 6.32 Å². The van der Waals surface area contributed by atoms with E-state index in [9.17, 15) is 5.02 Å². The maximum Gasteiger partial charge on any atom is 0.527 e. The third-order valence-electron chi connectivity index (χ3n) is 3.52. The fraction of sp³-hybridized carbons (Fsp3) is 0.188. The predicted octanol–water partition coefficient (Wildman–Crippen LogP) is 2.62. The molecule has 0 spiro atoms. The van der Waals surface area contributed by atoms with Gasteiger partial charge in [-0.2, -0.15) is 0 Å². The van der Waals surface area contributed by atoms with Crippen LogP contribution < -0.4 is 9.47 Å². The molecule has 5 nitrogen and oxygen atoms in total. The van der Waals surface area contributed by atoms with Gasteiger partial charge in [-0.25, -0.2) is 4.98 Å². The van der Waals surface area contributed by atoms with Crippen molar-refractivity contribution < 1.29 is 19.2 Å². The molecule has 1 N–H and O–H groups in total. The van der Waals surface area contributed by atoms with Crippen LogP contribution in [0.15, 0.2) is 42.7 Å². The Labute approximate surface area is 129 Å². The average molecular weight is 297 g/mol. The van der Waals surface area contributed by atoms with Crippen LogP contribution in [0.5, 0.6) is 11.5 Å². The Morgan fingerprint density at radius 2 is 1.86 bits per heavy atom. The third kappa shape index (κ3) is 2.78. The highest BCUT2D eigenvalue weighted by molar-refractivity contribution is 6.47. The summed E-state index contributed by atoms with van der Waals surface area (Å²) in [5.41, 5.74) is 3.43. The van der Waals surface area contributed by atoms with Gasteiger partial charge in [0.05, 0.1) is 31.9 Å². The van der Waals surface area contributed by atoms with E-state index in [1.54, 1.807) is 20.5 Å². The number of methoxy groups -OCH3 is 2. The van der Waals surface area contributed by atoms with E-state index >= 15 is 0 Å². The number of ether oxygens (including phenoxy) is 2. The predicted molar refractivity (Wildman–Crippen MR) is 84.6 cm³/mol. The van der Waals surface area contributed by atoms with Gasteiger partial charge in [-0.3, -0.25) is 0 Å². The van der Waals surface area contributed by atoms with Crippen LogP contribution >= 0.6 is 0 Å². The molecule has 0 saturated heterocycles. The molecule has 0 saturated carbocycles. The maximum absolute atomic E-state index is 9.44. The molecule has 1 aliphatic rings. The minimum atomic E-state index is -0.776. The molecule has 0 atom stereocenters. The number of hydrogen-bond donors (Lipinski definition) is 1. The smallest absolute Gasteiger partial charge is 0.527 e. The quantitative estimate of drug-likeness (QED) is 0.879. The second-order valence-corrected chi connectivity index (χ2v) is 4.92. The molecule has 3 rings (SSSR count). The lowest BCUT2D eigenvalue weighted by Gasteiger charge is -2.10. The number of hydrogen-bond acceptors (Lipinski definition) is 5. The van der Waals surface area contributed by atoms with E-state index in [0.29, 0.717) is 17.8 Å². The van der Waals surface area contributed by atoms with Crippen LogP contribution in [-0.4, -0.2) is 31.3 Å². The lowest BCUT2D eigenvalue weighted by atomic mass is 9.83. The minimum Gasteiger partial charge on any atom is -0.541 e. The van der Waals surface area contributed by atoms with Crippen LogP contribution in [0, 0.1) is 0 Å². The van der Waals surface area contributed by atoms with Gasteiger partial charge in [0.25, 0.3) is 0 Å². The standard InChI is InChI=1S/C16H16BNO4/c1-20-15-7-6-11(8-16(15)21-2)13-4-3-5-14(18-13)12-9-17(19)22-10-12/h3-8,10,19H,9H2,1-2H3. The Morgan fingerprint density at radius 1 is 1.09 bits per heavy atom. The topological polar surface area (TPSA) is 60.8 Å². The molecular weight excluding hydrogens is 281 g/mol. The Bertz CT molecular complexity index is 717. The summed E-state index contributed by atoms with van der Waals surface area (Å²) in [4.78, 5) is 4.63. The van der Waals surface area contributed by atoms with Crippen LogP contribution in [0.25, 0.3) is 16.8 Å². The van der Waals surface area contributed by atoms with Crippen molar-refractivity contribution in [3.8, 4) is 22.8 Å². The molecule has 0 aliphatic carbocycles. The van der Waals surface area contributed by atoms with E-state index in [1.165, 1.54) is 0 Å². The maximum atomic E-state index is 9.44. The van der Waals surface area contributed by atoms with Crippen LogP contribution in [0.4, 0.5) is 0 Å². The lowest BCUT2D eigenvalue weighted by Crippen LogP contribution is -2.08. The first-order valence-electron chi connectivity index (χ1n) is 6.93. The Hall–Kier alpha value is -2.47. The summed E-state index contributed by atoms with van der Waals surface area (Å²) in [6, 6.07) is 11.4. The van der Waals surface area contributed by atoms with E-state index in [2.05, 4.69) is 4.98 Å². The first-order chi connectivity index (χ1) is 10.7. The summed E-state index contributed by atoms with van der Waals surface area (Å²) in [6.07, 6.45) is 2.01. The number of allylic oxidation sites excluding steroid dienone is 1. The molecule has 22 heavy (non-hydrogen) atoms. The average Bonchev–Trinajstić information content (AvgIpc) is 3.01. The van der Waals surface area contributed by atoms with E-state index in [0.717, 1.165) is 22.5 Å². The molecule has 0 fully saturated rings. The lowest BCUT2D eigenvalue weighted by molar-refractivity contribution is 0.355. The summed E-state index contributed by atoms with van der Waals surface area (Å²) < 4.78 is 15.6. The van der Waals surface area contributed by atoms with Crippen molar-refractivity contribution in [2.75, 3.05) is 14.2 Å². The molecule has 112 valence electrons. The molecule has 2 aromatic rings. The molecule has 0 amide bonds. The van der Waals surface area contributed by atoms with E-state index < -0.39 is 7.12 Å². The zero-order valence-electron chi connectivity index (χ0n) is 12.4. The summed E-state index contributed by atoms with van der Waals surface area (Å²) in [5, 5.41) is 9.44. The molecule has 0 unspecified atom stereocenters. The van der Waals surface area contributed by atoms with Gasteiger partial charge in [-0.15, -0.1) is 0 Å². The van der Waals surface area contributed by atoms with Crippen molar-refractivity contribution in [1.29, 1.82) is 0 Å². The van der Waals surface area contributed by atoms with Crippen molar-refractivity contribution in [1.82, 2.24) is 4.98 Å². The molecule has 1 aromatic heterocycles. The first-order valence-corrected chi connectivity index (χ1v) is 6.93. The van der Waals surface area contributed by atoms with E-state index in [4.69, 9.17) is 14.1 Å². The highest BCUT2D eigenvalue weighted by atomic mass is 16.5. The van der Waals surface area contributed by atoms with Gasteiger partial charge in [0.1, 0.15) is 0 Å². The van der Waals surface area contributed by atoms with Gasteiger partial charge in [-0.1, -0.05) is 6.07 Å². The zero-order valence-corrected chi connectivity index (χ0v) is 12.4. The Balaban J connectivity index is 1.95. The van der Waals surface area contributed by atoms with Crippen LogP contribution in [-0.2, 0) is 4.65 Å². The highest BCUT2D eigenvalue weighted by Gasteiger charge is 2.24. The van der Waals surface area contributed by atoms with Crippen molar-refractivity contribution in [2.45, 2.75) is 6.32 Å². The molecule has 1 aliphatic heterocycles. The zero-order chi connectivity index (χ0) is 15.5. The van der Waals surface area contributed by atoms with Gasteiger partial charge in [0.15, 0.2) is 11.5 Å². The molecule has 0 bridgehead atoms. The monoisotopic (exact) mass is 297 g/mol.